The van der Waals surface area contributed by atoms with Crippen LogP contribution in [0.15, 0.2) is 11.6 Å². The standard InChI is InChI=1S/C12H22N2OS/c1-16-9-3-2-4-12(15)14-10-11-5-7-13-8-6-11/h5,13H,2-4,6-10H2,1H3,(H,14,15). The summed E-state index contributed by atoms with van der Waals surface area (Å²) in [6, 6.07) is 0. The van der Waals surface area contributed by atoms with Crippen LogP contribution in [0.25, 0.3) is 0 Å². The molecule has 2 N–H and O–H groups in total. The maximum atomic E-state index is 11.5. The molecule has 0 unspecified atom stereocenters. The third-order valence-corrected chi connectivity index (χ3v) is 3.37. The van der Waals surface area contributed by atoms with E-state index in [2.05, 4.69) is 23.0 Å². The van der Waals surface area contributed by atoms with Gasteiger partial charge in [-0.05, 0) is 37.8 Å². The molecule has 1 aliphatic rings. The summed E-state index contributed by atoms with van der Waals surface area (Å²) in [5.74, 6) is 1.35. The Morgan fingerprint density at radius 1 is 1.56 bits per heavy atom. The fraction of sp³-hybridized carbons (Fsp3) is 0.750. The Morgan fingerprint density at radius 3 is 3.12 bits per heavy atom. The van der Waals surface area contributed by atoms with Crippen LogP contribution < -0.4 is 10.6 Å². The first-order valence-electron chi connectivity index (χ1n) is 5.97. The van der Waals surface area contributed by atoms with Crippen LogP contribution in [-0.2, 0) is 4.79 Å². The molecular formula is C12H22N2OS. The molecule has 0 fully saturated rings. The molecule has 0 aliphatic carbocycles. The number of carbonyl (C=O) groups is 1. The summed E-state index contributed by atoms with van der Waals surface area (Å²) in [7, 11) is 0. The Hall–Kier alpha value is -0.480. The molecule has 1 amide bonds. The number of amides is 1. The highest BCUT2D eigenvalue weighted by molar-refractivity contribution is 7.98. The van der Waals surface area contributed by atoms with E-state index in [1.807, 2.05) is 11.8 Å². The van der Waals surface area contributed by atoms with Crippen molar-refractivity contribution in [2.45, 2.75) is 25.7 Å². The minimum Gasteiger partial charge on any atom is -0.352 e. The third-order valence-electron chi connectivity index (χ3n) is 2.67. The Labute approximate surface area is 102 Å². The van der Waals surface area contributed by atoms with Crippen LogP contribution in [0.4, 0.5) is 0 Å². The van der Waals surface area contributed by atoms with Gasteiger partial charge in [0.15, 0.2) is 0 Å². The number of unbranched alkanes of at least 4 members (excludes halogenated alkanes) is 1. The Balaban J connectivity index is 2.03. The van der Waals surface area contributed by atoms with Crippen LogP contribution in [0.5, 0.6) is 0 Å². The predicted molar refractivity (Wildman–Crippen MR) is 70.8 cm³/mol. The van der Waals surface area contributed by atoms with Crippen molar-refractivity contribution in [2.75, 3.05) is 31.6 Å². The van der Waals surface area contributed by atoms with Crippen molar-refractivity contribution >= 4 is 17.7 Å². The van der Waals surface area contributed by atoms with Crippen molar-refractivity contribution in [2.24, 2.45) is 0 Å². The van der Waals surface area contributed by atoms with Crippen molar-refractivity contribution < 1.29 is 4.79 Å². The maximum absolute atomic E-state index is 11.5. The van der Waals surface area contributed by atoms with E-state index < -0.39 is 0 Å². The first kappa shape index (κ1) is 13.6. The number of thioether (sulfide) groups is 1. The van der Waals surface area contributed by atoms with E-state index in [4.69, 9.17) is 0 Å². The summed E-state index contributed by atoms with van der Waals surface area (Å²) >= 11 is 1.84. The maximum Gasteiger partial charge on any atom is 0.220 e. The zero-order valence-electron chi connectivity index (χ0n) is 10.1. The minimum absolute atomic E-state index is 0.195. The molecule has 0 atom stereocenters. The average Bonchev–Trinajstić information content (AvgIpc) is 2.33. The molecule has 0 saturated heterocycles. The number of rotatable bonds is 7. The fourth-order valence-corrected chi connectivity index (χ4v) is 2.16. The van der Waals surface area contributed by atoms with Crippen LogP contribution >= 0.6 is 11.8 Å². The van der Waals surface area contributed by atoms with Gasteiger partial charge in [0.1, 0.15) is 0 Å². The summed E-state index contributed by atoms with van der Waals surface area (Å²) in [5.41, 5.74) is 1.36. The molecule has 1 rings (SSSR count). The van der Waals surface area contributed by atoms with Crippen molar-refractivity contribution in [3.8, 4) is 0 Å². The van der Waals surface area contributed by atoms with Gasteiger partial charge in [-0.3, -0.25) is 4.79 Å². The van der Waals surface area contributed by atoms with E-state index in [1.165, 1.54) is 5.57 Å². The summed E-state index contributed by atoms with van der Waals surface area (Å²) in [4.78, 5) is 11.5. The summed E-state index contributed by atoms with van der Waals surface area (Å²) < 4.78 is 0. The fourth-order valence-electron chi connectivity index (χ4n) is 1.66. The normalized spacial score (nSPS) is 15.7. The van der Waals surface area contributed by atoms with E-state index in [-0.39, 0.29) is 5.91 Å². The van der Waals surface area contributed by atoms with E-state index in [0.717, 1.165) is 44.6 Å². The summed E-state index contributed by atoms with van der Waals surface area (Å²) in [6.45, 7) is 2.72. The summed E-state index contributed by atoms with van der Waals surface area (Å²) in [5, 5.41) is 6.25. The van der Waals surface area contributed by atoms with E-state index in [1.54, 1.807) is 0 Å². The van der Waals surface area contributed by atoms with Gasteiger partial charge in [0.25, 0.3) is 0 Å². The van der Waals surface area contributed by atoms with Crippen molar-refractivity contribution in [1.82, 2.24) is 10.6 Å². The topological polar surface area (TPSA) is 41.1 Å². The Bertz CT molecular complexity index is 241. The zero-order chi connectivity index (χ0) is 11.6. The largest absolute Gasteiger partial charge is 0.352 e. The first-order chi connectivity index (χ1) is 7.83. The van der Waals surface area contributed by atoms with Gasteiger partial charge in [0.2, 0.25) is 5.91 Å². The molecule has 0 aromatic heterocycles. The lowest BCUT2D eigenvalue weighted by atomic mass is 10.1. The van der Waals surface area contributed by atoms with Crippen LogP contribution in [0.3, 0.4) is 0 Å². The molecular weight excluding hydrogens is 220 g/mol. The van der Waals surface area contributed by atoms with Crippen molar-refractivity contribution in [3.05, 3.63) is 11.6 Å². The number of hydrogen-bond donors (Lipinski definition) is 2. The second-order valence-electron chi connectivity index (χ2n) is 4.04. The lowest BCUT2D eigenvalue weighted by Crippen LogP contribution is -2.29. The molecule has 4 heteroatoms. The molecule has 92 valence electrons. The molecule has 1 aliphatic heterocycles. The quantitative estimate of drug-likeness (QED) is 0.526. The molecule has 0 spiro atoms. The SMILES string of the molecule is CSCCCCC(=O)NCC1=CCNCC1. The van der Waals surface area contributed by atoms with Gasteiger partial charge in [-0.25, -0.2) is 0 Å². The monoisotopic (exact) mass is 242 g/mol. The van der Waals surface area contributed by atoms with Gasteiger partial charge >= 0.3 is 0 Å². The van der Waals surface area contributed by atoms with Crippen LogP contribution in [-0.4, -0.2) is 37.6 Å². The molecule has 0 radical (unpaired) electrons. The van der Waals surface area contributed by atoms with Gasteiger partial charge < -0.3 is 10.6 Å². The Kier molecular flexibility index (Phi) is 7.34. The smallest absolute Gasteiger partial charge is 0.220 e. The number of hydrogen-bond acceptors (Lipinski definition) is 3. The molecule has 0 bridgehead atoms. The van der Waals surface area contributed by atoms with Gasteiger partial charge in [-0.2, -0.15) is 11.8 Å². The predicted octanol–water partition coefficient (Wildman–Crippen LogP) is 1.56. The second-order valence-corrected chi connectivity index (χ2v) is 5.03. The second kappa shape index (κ2) is 8.65. The summed E-state index contributed by atoms with van der Waals surface area (Å²) in [6.07, 6.45) is 8.16. The molecule has 0 aromatic rings. The first-order valence-corrected chi connectivity index (χ1v) is 7.36. The molecule has 3 nitrogen and oxygen atoms in total. The van der Waals surface area contributed by atoms with Gasteiger partial charge in [0.05, 0.1) is 0 Å². The molecule has 0 aromatic carbocycles. The number of carbonyl (C=O) groups excluding carboxylic acids is 1. The molecule has 1 heterocycles. The highest BCUT2D eigenvalue weighted by Crippen LogP contribution is 2.04. The highest BCUT2D eigenvalue weighted by Gasteiger charge is 2.05. The van der Waals surface area contributed by atoms with Crippen LogP contribution in [0, 0.1) is 0 Å². The Morgan fingerprint density at radius 2 is 2.44 bits per heavy atom. The minimum atomic E-state index is 0.195. The molecule has 16 heavy (non-hydrogen) atoms. The van der Waals surface area contributed by atoms with Gasteiger partial charge in [-0.1, -0.05) is 11.6 Å². The zero-order valence-corrected chi connectivity index (χ0v) is 10.9. The van der Waals surface area contributed by atoms with Crippen molar-refractivity contribution in [3.63, 3.8) is 0 Å². The average molecular weight is 242 g/mol. The highest BCUT2D eigenvalue weighted by atomic mass is 32.2. The van der Waals surface area contributed by atoms with Gasteiger partial charge in [-0.15, -0.1) is 0 Å². The van der Waals surface area contributed by atoms with Crippen molar-refractivity contribution in [1.29, 1.82) is 0 Å². The van der Waals surface area contributed by atoms with Gasteiger partial charge in [0, 0.05) is 19.5 Å². The molecule has 0 saturated carbocycles. The van der Waals surface area contributed by atoms with Crippen LogP contribution in [0.1, 0.15) is 25.7 Å². The third kappa shape index (κ3) is 6.18. The van der Waals surface area contributed by atoms with E-state index >= 15 is 0 Å². The lowest BCUT2D eigenvalue weighted by Gasteiger charge is -2.14. The van der Waals surface area contributed by atoms with Crippen LogP contribution in [0.2, 0.25) is 0 Å². The lowest BCUT2D eigenvalue weighted by molar-refractivity contribution is -0.121. The number of nitrogens with one attached hydrogen (secondary N) is 2. The van der Waals surface area contributed by atoms with E-state index in [0.29, 0.717) is 6.42 Å². The van der Waals surface area contributed by atoms with E-state index in [9.17, 15) is 4.79 Å².